The average Bonchev–Trinajstić information content (AvgIpc) is 2.12. The van der Waals surface area contributed by atoms with Crippen LogP contribution in [0.15, 0.2) is 35.5 Å². The SMILES string of the molecule is O=[SH](=O)C1=CC=CC=CN1. The van der Waals surface area contributed by atoms with E-state index in [-0.39, 0.29) is 5.03 Å². The van der Waals surface area contributed by atoms with Gasteiger partial charge in [0.2, 0.25) is 0 Å². The molecule has 3 nitrogen and oxygen atoms in total. The van der Waals surface area contributed by atoms with Crippen molar-refractivity contribution in [1.82, 2.24) is 5.32 Å². The monoisotopic (exact) mass is 157 g/mol. The van der Waals surface area contributed by atoms with Gasteiger partial charge in [0, 0.05) is 6.20 Å². The lowest BCUT2D eigenvalue weighted by Crippen LogP contribution is -2.04. The first-order valence-electron chi connectivity index (χ1n) is 2.75. The van der Waals surface area contributed by atoms with E-state index in [1.54, 1.807) is 24.4 Å². The first-order valence-corrected chi connectivity index (χ1v) is 3.93. The van der Waals surface area contributed by atoms with Crippen molar-refractivity contribution in [2.45, 2.75) is 0 Å². The van der Waals surface area contributed by atoms with Crippen molar-refractivity contribution in [3.05, 3.63) is 35.5 Å². The van der Waals surface area contributed by atoms with E-state index in [4.69, 9.17) is 0 Å². The molecule has 0 aromatic rings. The minimum absolute atomic E-state index is 0.222. The Kier molecular flexibility index (Phi) is 2.28. The van der Waals surface area contributed by atoms with E-state index >= 15 is 0 Å². The summed E-state index contributed by atoms with van der Waals surface area (Å²) in [4.78, 5) is 0. The summed E-state index contributed by atoms with van der Waals surface area (Å²) >= 11 is 0. The predicted octanol–water partition coefficient (Wildman–Crippen LogP) is 0.112. The molecule has 0 saturated carbocycles. The van der Waals surface area contributed by atoms with E-state index in [1.807, 2.05) is 0 Å². The standard InChI is InChI=1S/C6H7NO2S/c8-10(9)6-4-2-1-3-5-7-6/h1-5,7,10H. The van der Waals surface area contributed by atoms with Crippen molar-refractivity contribution in [1.29, 1.82) is 0 Å². The Balaban J connectivity index is 2.88. The van der Waals surface area contributed by atoms with Crippen LogP contribution in [0.25, 0.3) is 0 Å². The molecule has 0 radical (unpaired) electrons. The van der Waals surface area contributed by atoms with Gasteiger partial charge in [-0.25, -0.2) is 8.42 Å². The topological polar surface area (TPSA) is 46.2 Å². The van der Waals surface area contributed by atoms with Crippen LogP contribution in [0.1, 0.15) is 0 Å². The van der Waals surface area contributed by atoms with E-state index < -0.39 is 10.7 Å². The van der Waals surface area contributed by atoms with E-state index in [2.05, 4.69) is 5.32 Å². The second-order valence-electron chi connectivity index (χ2n) is 1.70. The summed E-state index contributed by atoms with van der Waals surface area (Å²) in [5.41, 5.74) is 0. The van der Waals surface area contributed by atoms with E-state index in [0.29, 0.717) is 0 Å². The zero-order valence-electron chi connectivity index (χ0n) is 5.15. The number of allylic oxidation sites excluding steroid dienone is 4. The number of rotatable bonds is 1. The van der Waals surface area contributed by atoms with Gasteiger partial charge in [-0.3, -0.25) is 0 Å². The third-order valence-electron chi connectivity index (χ3n) is 1.00. The van der Waals surface area contributed by atoms with Gasteiger partial charge in [-0.05, 0) is 12.2 Å². The highest BCUT2D eigenvalue weighted by Gasteiger charge is 1.94. The first-order chi connectivity index (χ1) is 4.80. The lowest BCUT2D eigenvalue weighted by molar-refractivity contribution is 0.617. The van der Waals surface area contributed by atoms with Crippen LogP contribution in [0, 0.1) is 0 Å². The highest BCUT2D eigenvalue weighted by atomic mass is 32.2. The fourth-order valence-electron chi connectivity index (χ4n) is 0.562. The number of hydrogen-bond donors (Lipinski definition) is 2. The Labute approximate surface area is 60.7 Å². The van der Waals surface area contributed by atoms with Gasteiger partial charge >= 0.3 is 0 Å². The van der Waals surface area contributed by atoms with Crippen LogP contribution in [0.5, 0.6) is 0 Å². The van der Waals surface area contributed by atoms with Crippen molar-refractivity contribution in [2.24, 2.45) is 0 Å². The van der Waals surface area contributed by atoms with Crippen molar-refractivity contribution in [3.8, 4) is 0 Å². The fourth-order valence-corrected chi connectivity index (χ4v) is 0.949. The normalized spacial score (nSPS) is 16.3. The second-order valence-corrected chi connectivity index (χ2v) is 2.69. The van der Waals surface area contributed by atoms with Gasteiger partial charge in [0.15, 0.2) is 10.7 Å². The van der Waals surface area contributed by atoms with Crippen molar-refractivity contribution < 1.29 is 8.42 Å². The summed E-state index contributed by atoms with van der Waals surface area (Å²) in [5.74, 6) is 0. The Bertz CT molecular complexity index is 265. The number of nitrogens with one attached hydrogen (secondary N) is 1. The molecule has 0 bridgehead atoms. The zero-order valence-corrected chi connectivity index (χ0v) is 6.04. The highest BCUT2D eigenvalue weighted by Crippen LogP contribution is 1.94. The van der Waals surface area contributed by atoms with Gasteiger partial charge in [0.05, 0.1) is 0 Å². The van der Waals surface area contributed by atoms with Crippen molar-refractivity contribution in [2.75, 3.05) is 0 Å². The molecule has 10 heavy (non-hydrogen) atoms. The van der Waals surface area contributed by atoms with Crippen LogP contribution in [0.2, 0.25) is 0 Å². The van der Waals surface area contributed by atoms with E-state index in [0.717, 1.165) is 0 Å². The van der Waals surface area contributed by atoms with Gasteiger partial charge < -0.3 is 5.32 Å². The maximum atomic E-state index is 10.3. The molecular weight excluding hydrogens is 150 g/mol. The Hall–Kier alpha value is -1.03. The molecule has 1 N–H and O–H groups in total. The first kappa shape index (κ1) is 7.08. The molecular formula is C6H7NO2S. The predicted molar refractivity (Wildman–Crippen MR) is 39.8 cm³/mol. The highest BCUT2D eigenvalue weighted by molar-refractivity contribution is 7.76. The number of thiol groups is 1. The summed E-state index contributed by atoms with van der Waals surface area (Å²) in [6.45, 7) is 0. The molecule has 0 aromatic carbocycles. The van der Waals surface area contributed by atoms with Crippen LogP contribution in [-0.2, 0) is 10.7 Å². The lowest BCUT2D eigenvalue weighted by Gasteiger charge is -1.92. The summed E-state index contributed by atoms with van der Waals surface area (Å²) in [5, 5.41) is 2.83. The maximum Gasteiger partial charge on any atom is 0.183 e. The number of hydrogen-bond acceptors (Lipinski definition) is 3. The average molecular weight is 157 g/mol. The van der Waals surface area contributed by atoms with E-state index in [9.17, 15) is 8.42 Å². The van der Waals surface area contributed by atoms with Crippen LogP contribution in [-0.4, -0.2) is 8.42 Å². The molecule has 1 heterocycles. The largest absolute Gasteiger partial charge is 0.353 e. The molecule has 0 saturated heterocycles. The molecule has 1 aliphatic heterocycles. The van der Waals surface area contributed by atoms with E-state index in [1.165, 1.54) is 6.08 Å². The molecule has 0 unspecified atom stereocenters. The molecule has 0 atom stereocenters. The van der Waals surface area contributed by atoms with Crippen molar-refractivity contribution >= 4 is 10.7 Å². The molecule has 0 aromatic heterocycles. The minimum Gasteiger partial charge on any atom is -0.353 e. The summed E-state index contributed by atoms with van der Waals surface area (Å²) in [7, 11) is -2.49. The fraction of sp³-hybridized carbons (Fsp3) is 0. The maximum absolute atomic E-state index is 10.3. The molecule has 0 aliphatic carbocycles. The Morgan fingerprint density at radius 3 is 2.70 bits per heavy atom. The molecule has 4 heteroatoms. The summed E-state index contributed by atoms with van der Waals surface area (Å²) in [6.07, 6.45) is 8.21. The molecule has 1 aliphatic rings. The molecule has 54 valence electrons. The Morgan fingerprint density at radius 1 is 1.20 bits per heavy atom. The molecule has 1 rings (SSSR count). The second kappa shape index (κ2) is 3.22. The molecule has 0 spiro atoms. The van der Waals surface area contributed by atoms with Crippen LogP contribution >= 0.6 is 0 Å². The quantitative estimate of drug-likeness (QED) is 0.531. The van der Waals surface area contributed by atoms with Gasteiger partial charge in [0.25, 0.3) is 0 Å². The van der Waals surface area contributed by atoms with Crippen LogP contribution in [0.3, 0.4) is 0 Å². The van der Waals surface area contributed by atoms with Gasteiger partial charge in [0.1, 0.15) is 5.03 Å². The van der Waals surface area contributed by atoms with Crippen molar-refractivity contribution in [3.63, 3.8) is 0 Å². The minimum atomic E-state index is -2.49. The van der Waals surface area contributed by atoms with Crippen LogP contribution < -0.4 is 5.32 Å². The van der Waals surface area contributed by atoms with Crippen LogP contribution in [0.4, 0.5) is 0 Å². The Morgan fingerprint density at radius 2 is 2.00 bits per heavy atom. The third-order valence-corrected chi connectivity index (χ3v) is 1.67. The zero-order chi connectivity index (χ0) is 7.40. The smallest absolute Gasteiger partial charge is 0.183 e. The molecule has 0 fully saturated rings. The third kappa shape index (κ3) is 1.73. The lowest BCUT2D eigenvalue weighted by atomic mass is 10.5. The van der Waals surface area contributed by atoms with Gasteiger partial charge in [-0.15, -0.1) is 0 Å². The summed E-state index contributed by atoms with van der Waals surface area (Å²) < 4.78 is 20.7. The van der Waals surface area contributed by atoms with Gasteiger partial charge in [-0.1, -0.05) is 12.2 Å². The van der Waals surface area contributed by atoms with Gasteiger partial charge in [-0.2, -0.15) is 0 Å². The summed E-state index contributed by atoms with van der Waals surface area (Å²) in [6, 6.07) is 0. The molecule has 0 amide bonds.